The highest BCUT2D eigenvalue weighted by atomic mass is 16.7. The van der Waals surface area contributed by atoms with Gasteiger partial charge in [0.2, 0.25) is 0 Å². The Labute approximate surface area is 300 Å². The van der Waals surface area contributed by atoms with Crippen LogP contribution in [0.2, 0.25) is 0 Å². The van der Waals surface area contributed by atoms with Gasteiger partial charge in [-0.05, 0) is 38.5 Å². The van der Waals surface area contributed by atoms with Crippen molar-refractivity contribution in [1.82, 2.24) is 0 Å². The Morgan fingerprint density at radius 3 is 1.72 bits per heavy atom. The molecule has 6 atom stereocenters. The first kappa shape index (κ1) is 45.7. The van der Waals surface area contributed by atoms with E-state index in [1.807, 2.05) is 0 Å². The zero-order valence-electron chi connectivity index (χ0n) is 30.9. The topological polar surface area (TPSA) is 169 Å². The minimum absolute atomic E-state index is 0.182. The number of carboxylic acid groups (broad SMARTS) is 1. The molecule has 1 fully saturated rings. The number of aliphatic hydroxyl groups excluding tert-OH is 3. The summed E-state index contributed by atoms with van der Waals surface area (Å²) in [7, 11) is 0. The highest BCUT2D eigenvalue weighted by molar-refractivity contribution is 5.73. The smallest absolute Gasteiger partial charge is 0.335 e. The largest absolute Gasteiger partial charge is 0.479 e. The van der Waals surface area contributed by atoms with Gasteiger partial charge in [0.1, 0.15) is 24.9 Å². The van der Waals surface area contributed by atoms with Crippen LogP contribution in [0.15, 0.2) is 24.3 Å². The van der Waals surface area contributed by atoms with Crippen LogP contribution in [0, 0.1) is 0 Å². The fourth-order valence-corrected chi connectivity index (χ4v) is 5.66. The normalized spacial score (nSPS) is 21.5. The molecule has 11 heteroatoms. The van der Waals surface area contributed by atoms with Crippen molar-refractivity contribution in [2.75, 3.05) is 13.2 Å². The molecule has 6 unspecified atom stereocenters. The second-order valence-electron chi connectivity index (χ2n) is 13.4. The van der Waals surface area contributed by atoms with Crippen molar-refractivity contribution >= 4 is 17.9 Å². The van der Waals surface area contributed by atoms with Crippen molar-refractivity contribution in [2.24, 2.45) is 0 Å². The van der Waals surface area contributed by atoms with E-state index in [1.165, 1.54) is 51.4 Å². The Hall–Kier alpha value is -2.31. The van der Waals surface area contributed by atoms with Gasteiger partial charge in [0.05, 0.1) is 6.61 Å². The summed E-state index contributed by atoms with van der Waals surface area (Å²) in [5, 5.41) is 39.6. The molecule has 4 N–H and O–H groups in total. The summed E-state index contributed by atoms with van der Waals surface area (Å²) in [4.78, 5) is 36.6. The number of ether oxygens (including phenoxy) is 4. The van der Waals surface area contributed by atoms with E-state index < -0.39 is 61.3 Å². The molecule has 1 heterocycles. The van der Waals surface area contributed by atoms with Crippen LogP contribution in [0.4, 0.5) is 0 Å². The number of aliphatic hydroxyl groups is 3. The molecule has 0 radical (unpaired) electrons. The van der Waals surface area contributed by atoms with Crippen molar-refractivity contribution in [3.05, 3.63) is 24.3 Å². The van der Waals surface area contributed by atoms with Gasteiger partial charge in [-0.3, -0.25) is 9.59 Å². The van der Waals surface area contributed by atoms with Crippen molar-refractivity contribution in [1.29, 1.82) is 0 Å². The molecule has 1 rings (SSSR count). The molecule has 1 aliphatic rings. The highest BCUT2D eigenvalue weighted by Gasteiger charge is 2.47. The summed E-state index contributed by atoms with van der Waals surface area (Å²) >= 11 is 0. The maximum Gasteiger partial charge on any atom is 0.335 e. The van der Waals surface area contributed by atoms with Gasteiger partial charge in [0, 0.05) is 12.8 Å². The van der Waals surface area contributed by atoms with Crippen LogP contribution >= 0.6 is 0 Å². The maximum absolute atomic E-state index is 12.6. The number of allylic oxidation sites excluding steroid dienone is 4. The molecule has 0 bridgehead atoms. The first-order chi connectivity index (χ1) is 24.2. The lowest BCUT2D eigenvalue weighted by molar-refractivity contribution is -0.298. The summed E-state index contributed by atoms with van der Waals surface area (Å²) in [6.45, 7) is 3.71. The van der Waals surface area contributed by atoms with Crippen LogP contribution in [0.5, 0.6) is 0 Å². The number of rotatable bonds is 31. The molecular formula is C39H68O11. The average Bonchev–Trinajstić information content (AvgIpc) is 3.09. The summed E-state index contributed by atoms with van der Waals surface area (Å²) in [6.07, 6.45) is 21.0. The predicted octanol–water partition coefficient (Wildman–Crippen LogP) is 7.08. The summed E-state index contributed by atoms with van der Waals surface area (Å²) in [5.74, 6) is -2.46. The van der Waals surface area contributed by atoms with Crippen molar-refractivity contribution < 1.29 is 53.8 Å². The number of aliphatic carboxylic acids is 1. The lowest BCUT2D eigenvalue weighted by atomic mass is 9.99. The Morgan fingerprint density at radius 1 is 0.620 bits per heavy atom. The van der Waals surface area contributed by atoms with E-state index in [1.54, 1.807) is 0 Å². The number of carbonyl (C=O) groups excluding carboxylic acids is 2. The van der Waals surface area contributed by atoms with E-state index in [9.17, 15) is 34.8 Å². The molecule has 0 spiro atoms. The zero-order chi connectivity index (χ0) is 36.8. The predicted molar refractivity (Wildman–Crippen MR) is 192 cm³/mol. The van der Waals surface area contributed by atoms with Crippen LogP contribution < -0.4 is 0 Å². The third-order valence-electron chi connectivity index (χ3n) is 8.80. The van der Waals surface area contributed by atoms with E-state index in [0.29, 0.717) is 12.8 Å². The van der Waals surface area contributed by atoms with E-state index in [0.717, 1.165) is 64.2 Å². The van der Waals surface area contributed by atoms with Crippen LogP contribution in [0.1, 0.15) is 155 Å². The van der Waals surface area contributed by atoms with Gasteiger partial charge in [-0.15, -0.1) is 0 Å². The monoisotopic (exact) mass is 712 g/mol. The summed E-state index contributed by atoms with van der Waals surface area (Å²) in [5.41, 5.74) is 0. The third kappa shape index (κ3) is 22.5. The summed E-state index contributed by atoms with van der Waals surface area (Å²) in [6, 6.07) is 0. The number of carboxylic acids is 1. The Balaban J connectivity index is 2.44. The van der Waals surface area contributed by atoms with Gasteiger partial charge in [-0.25, -0.2) is 4.79 Å². The van der Waals surface area contributed by atoms with E-state index in [2.05, 4.69) is 38.2 Å². The number of hydrogen-bond donors (Lipinski definition) is 4. The van der Waals surface area contributed by atoms with Crippen molar-refractivity contribution in [3.63, 3.8) is 0 Å². The van der Waals surface area contributed by atoms with Crippen LogP contribution in [-0.4, -0.2) is 88.4 Å². The molecule has 0 aromatic rings. The Morgan fingerprint density at radius 2 is 1.14 bits per heavy atom. The molecule has 0 amide bonds. The number of unbranched alkanes of at least 4 members (excludes halogenated alkanes) is 16. The van der Waals surface area contributed by atoms with Crippen molar-refractivity contribution in [3.8, 4) is 0 Å². The second kappa shape index (κ2) is 30.3. The van der Waals surface area contributed by atoms with Gasteiger partial charge in [-0.1, -0.05) is 128 Å². The zero-order valence-corrected chi connectivity index (χ0v) is 30.9. The van der Waals surface area contributed by atoms with Gasteiger partial charge in [0.15, 0.2) is 18.5 Å². The minimum Gasteiger partial charge on any atom is -0.479 e. The molecular weight excluding hydrogens is 644 g/mol. The van der Waals surface area contributed by atoms with Crippen LogP contribution in [-0.2, 0) is 33.3 Å². The van der Waals surface area contributed by atoms with Gasteiger partial charge in [0.25, 0.3) is 0 Å². The molecule has 290 valence electrons. The van der Waals surface area contributed by atoms with Crippen molar-refractivity contribution in [2.45, 2.75) is 192 Å². The average molecular weight is 713 g/mol. The maximum atomic E-state index is 12.6. The van der Waals surface area contributed by atoms with E-state index in [4.69, 9.17) is 18.9 Å². The van der Waals surface area contributed by atoms with Gasteiger partial charge in [-0.2, -0.15) is 0 Å². The van der Waals surface area contributed by atoms with E-state index >= 15 is 0 Å². The molecule has 0 aliphatic carbocycles. The lowest BCUT2D eigenvalue weighted by Gasteiger charge is -2.38. The Bertz CT molecular complexity index is 937. The lowest BCUT2D eigenvalue weighted by Crippen LogP contribution is -2.60. The molecule has 1 saturated heterocycles. The minimum atomic E-state index is -1.86. The summed E-state index contributed by atoms with van der Waals surface area (Å²) < 4.78 is 21.6. The molecule has 1 aliphatic heterocycles. The first-order valence-corrected chi connectivity index (χ1v) is 19.4. The number of esters is 2. The van der Waals surface area contributed by atoms with Gasteiger partial charge < -0.3 is 39.4 Å². The molecule has 0 saturated carbocycles. The molecule has 11 nitrogen and oxygen atoms in total. The quantitative estimate of drug-likeness (QED) is 0.0329. The molecule has 0 aromatic carbocycles. The first-order valence-electron chi connectivity index (χ1n) is 19.4. The SMILES string of the molecule is CCCC/C=C\C/C=C\CCCCCCCC(=O)OCC(COC1OC(C(=O)O)C(O)C(O)C1O)OC(=O)CCCCCCCCCCCC. The number of carbonyl (C=O) groups is 3. The second-order valence-corrected chi connectivity index (χ2v) is 13.4. The highest BCUT2D eigenvalue weighted by Crippen LogP contribution is 2.23. The molecule has 50 heavy (non-hydrogen) atoms. The fraction of sp³-hybridized carbons (Fsp3) is 0.821. The van der Waals surface area contributed by atoms with Crippen LogP contribution in [0.3, 0.4) is 0 Å². The third-order valence-corrected chi connectivity index (χ3v) is 8.80. The fourth-order valence-electron chi connectivity index (χ4n) is 5.66. The van der Waals surface area contributed by atoms with E-state index in [-0.39, 0.29) is 19.4 Å². The Kier molecular flexibility index (Phi) is 27.7. The van der Waals surface area contributed by atoms with Crippen LogP contribution in [0.25, 0.3) is 0 Å². The number of hydrogen-bond acceptors (Lipinski definition) is 10. The van der Waals surface area contributed by atoms with Gasteiger partial charge >= 0.3 is 17.9 Å². The molecule has 0 aromatic heterocycles. The standard InChI is InChI=1S/C39H68O11/c1-3-5-7-9-11-13-15-16-17-18-20-21-23-25-27-32(40)47-29-31(30-48-39-36(44)34(42)35(43)37(50-39)38(45)46)49-33(41)28-26-24-22-19-14-12-10-8-6-4-2/h9,11,15-16,31,34-37,39,42-44H,3-8,10,12-14,17-30H2,1-2H3,(H,45,46)/b11-9-,16-15-.